The Balaban J connectivity index is 3.17. The van der Waals surface area contributed by atoms with Gasteiger partial charge in [0.25, 0.3) is 5.91 Å². The Kier molecular flexibility index (Phi) is 4.48. The van der Waals surface area contributed by atoms with E-state index in [0.717, 1.165) is 6.08 Å². The van der Waals surface area contributed by atoms with E-state index in [1.165, 1.54) is 18.1 Å². The smallest absolute Gasteiger partial charge is 0.328 e. The summed E-state index contributed by atoms with van der Waals surface area (Å²) in [5, 5.41) is 8.60. The first kappa shape index (κ1) is 13.8. The van der Waals surface area contributed by atoms with Gasteiger partial charge in [-0.05, 0) is 24.3 Å². The third-order valence-electron chi connectivity index (χ3n) is 2.29. The van der Waals surface area contributed by atoms with Crippen molar-refractivity contribution < 1.29 is 19.4 Å². The van der Waals surface area contributed by atoms with Crippen molar-refractivity contribution in [1.29, 1.82) is 0 Å². The first-order chi connectivity index (χ1) is 8.45. The second-order valence-electron chi connectivity index (χ2n) is 3.83. The van der Waals surface area contributed by atoms with Crippen LogP contribution in [0.4, 0.5) is 0 Å². The summed E-state index contributed by atoms with van der Waals surface area (Å²) in [5.74, 6) is -0.688. The van der Waals surface area contributed by atoms with Gasteiger partial charge in [0, 0.05) is 31.3 Å². The summed E-state index contributed by atoms with van der Waals surface area (Å²) in [6.07, 6.45) is 2.40. The van der Waals surface area contributed by atoms with E-state index in [1.807, 2.05) is 0 Å². The van der Waals surface area contributed by atoms with Crippen LogP contribution in [0.15, 0.2) is 24.3 Å². The molecular formula is C13H15NO4. The van der Waals surface area contributed by atoms with Gasteiger partial charge in [-0.1, -0.05) is 0 Å². The second kappa shape index (κ2) is 5.86. The Hall–Kier alpha value is -2.30. The largest absolute Gasteiger partial charge is 0.496 e. The molecule has 0 unspecified atom stereocenters. The molecule has 0 aliphatic rings. The fourth-order valence-corrected chi connectivity index (χ4v) is 1.42. The van der Waals surface area contributed by atoms with Crippen LogP contribution in [0.1, 0.15) is 15.9 Å². The molecule has 1 N–H and O–H groups in total. The number of methoxy groups -OCH3 is 1. The molecular weight excluding hydrogens is 234 g/mol. The van der Waals surface area contributed by atoms with Crippen LogP contribution in [0.25, 0.3) is 6.08 Å². The monoisotopic (exact) mass is 249 g/mol. The summed E-state index contributed by atoms with van der Waals surface area (Å²) in [6.45, 7) is 0. The Morgan fingerprint density at radius 1 is 1.33 bits per heavy atom. The van der Waals surface area contributed by atoms with Gasteiger partial charge >= 0.3 is 5.97 Å². The van der Waals surface area contributed by atoms with E-state index in [1.54, 1.807) is 32.3 Å². The number of rotatable bonds is 4. The van der Waals surface area contributed by atoms with E-state index < -0.39 is 5.97 Å². The highest BCUT2D eigenvalue weighted by atomic mass is 16.5. The highest BCUT2D eigenvalue weighted by molar-refractivity contribution is 5.95. The number of nitrogens with zero attached hydrogens (tertiary/aromatic N) is 1. The maximum atomic E-state index is 11.8. The number of carbonyl (C=O) groups excluding carboxylic acids is 1. The molecule has 5 heteroatoms. The van der Waals surface area contributed by atoms with Gasteiger partial charge in [-0.25, -0.2) is 4.79 Å². The van der Waals surface area contributed by atoms with E-state index >= 15 is 0 Å². The molecule has 0 atom stereocenters. The summed E-state index contributed by atoms with van der Waals surface area (Å²) in [7, 11) is 4.79. The number of carboxylic acid groups (broad SMARTS) is 1. The van der Waals surface area contributed by atoms with E-state index in [-0.39, 0.29) is 5.91 Å². The lowest BCUT2D eigenvalue weighted by Crippen LogP contribution is -2.21. The molecule has 0 bridgehead atoms. The van der Waals surface area contributed by atoms with Crippen LogP contribution < -0.4 is 4.74 Å². The van der Waals surface area contributed by atoms with Gasteiger partial charge in [0.05, 0.1) is 7.11 Å². The van der Waals surface area contributed by atoms with Gasteiger partial charge in [0.1, 0.15) is 5.75 Å². The maximum Gasteiger partial charge on any atom is 0.328 e. The van der Waals surface area contributed by atoms with Gasteiger partial charge in [-0.3, -0.25) is 4.79 Å². The van der Waals surface area contributed by atoms with Crippen LogP contribution in [0.2, 0.25) is 0 Å². The third-order valence-corrected chi connectivity index (χ3v) is 2.29. The van der Waals surface area contributed by atoms with Crippen molar-refractivity contribution in [3.05, 3.63) is 35.4 Å². The SMILES string of the molecule is COc1ccc(C(=O)N(C)C)cc1C=CC(=O)O. The topological polar surface area (TPSA) is 66.8 Å². The van der Waals surface area contributed by atoms with Crippen molar-refractivity contribution in [2.45, 2.75) is 0 Å². The molecule has 0 aromatic heterocycles. The molecule has 5 nitrogen and oxygen atoms in total. The zero-order valence-electron chi connectivity index (χ0n) is 10.5. The van der Waals surface area contributed by atoms with Crippen LogP contribution in [-0.2, 0) is 4.79 Å². The average Bonchev–Trinajstić information content (AvgIpc) is 2.34. The van der Waals surface area contributed by atoms with E-state index in [4.69, 9.17) is 9.84 Å². The minimum absolute atomic E-state index is 0.150. The summed E-state index contributed by atoms with van der Waals surface area (Å²) < 4.78 is 5.10. The summed E-state index contributed by atoms with van der Waals surface area (Å²) in [4.78, 5) is 23.7. The van der Waals surface area contributed by atoms with Gasteiger partial charge in [-0.15, -0.1) is 0 Å². The van der Waals surface area contributed by atoms with Crippen molar-refractivity contribution in [2.24, 2.45) is 0 Å². The molecule has 0 spiro atoms. The lowest BCUT2D eigenvalue weighted by atomic mass is 10.1. The number of benzene rings is 1. The van der Waals surface area contributed by atoms with E-state index in [2.05, 4.69) is 0 Å². The molecule has 0 fully saturated rings. The number of ether oxygens (including phenoxy) is 1. The second-order valence-corrected chi connectivity index (χ2v) is 3.83. The summed E-state index contributed by atoms with van der Waals surface area (Å²) >= 11 is 0. The van der Waals surface area contributed by atoms with Gasteiger partial charge in [-0.2, -0.15) is 0 Å². The van der Waals surface area contributed by atoms with Gasteiger partial charge in [0.2, 0.25) is 0 Å². The fourth-order valence-electron chi connectivity index (χ4n) is 1.42. The first-order valence-corrected chi connectivity index (χ1v) is 5.26. The predicted octanol–water partition coefficient (Wildman–Crippen LogP) is 1.49. The third kappa shape index (κ3) is 3.35. The zero-order valence-corrected chi connectivity index (χ0v) is 10.5. The number of amides is 1. The van der Waals surface area contributed by atoms with Gasteiger partial charge < -0.3 is 14.7 Å². The highest BCUT2D eigenvalue weighted by Gasteiger charge is 2.10. The van der Waals surface area contributed by atoms with Crippen LogP contribution in [0, 0.1) is 0 Å². The van der Waals surface area contributed by atoms with Crippen LogP contribution in [0.5, 0.6) is 5.75 Å². The van der Waals surface area contributed by atoms with Crippen LogP contribution >= 0.6 is 0 Å². The fraction of sp³-hybridized carbons (Fsp3) is 0.231. The number of carbonyl (C=O) groups is 2. The molecule has 1 aromatic carbocycles. The Morgan fingerprint density at radius 2 is 2.00 bits per heavy atom. The van der Waals surface area contributed by atoms with Crippen molar-refractivity contribution >= 4 is 18.0 Å². The number of hydrogen-bond acceptors (Lipinski definition) is 3. The highest BCUT2D eigenvalue weighted by Crippen LogP contribution is 2.21. The van der Waals surface area contributed by atoms with Gasteiger partial charge in [0.15, 0.2) is 0 Å². The van der Waals surface area contributed by atoms with Crippen molar-refractivity contribution in [1.82, 2.24) is 4.90 Å². The number of aliphatic carboxylic acids is 1. The zero-order chi connectivity index (χ0) is 13.7. The van der Waals surface area contributed by atoms with Crippen molar-refractivity contribution in [3.63, 3.8) is 0 Å². The minimum Gasteiger partial charge on any atom is -0.496 e. The van der Waals surface area contributed by atoms with Crippen LogP contribution in [-0.4, -0.2) is 43.1 Å². The molecule has 0 radical (unpaired) electrons. The van der Waals surface area contributed by atoms with Crippen molar-refractivity contribution in [2.75, 3.05) is 21.2 Å². The average molecular weight is 249 g/mol. The minimum atomic E-state index is -1.05. The Labute approximate surface area is 105 Å². The molecule has 1 amide bonds. The molecule has 18 heavy (non-hydrogen) atoms. The molecule has 0 heterocycles. The molecule has 96 valence electrons. The number of hydrogen-bond donors (Lipinski definition) is 1. The molecule has 0 aliphatic carbocycles. The molecule has 0 aliphatic heterocycles. The molecule has 1 rings (SSSR count). The predicted molar refractivity (Wildman–Crippen MR) is 67.7 cm³/mol. The maximum absolute atomic E-state index is 11.8. The summed E-state index contributed by atoms with van der Waals surface area (Å²) in [5.41, 5.74) is 1.03. The standard InChI is InChI=1S/C13H15NO4/c1-14(2)13(17)10-4-6-11(18-3)9(8-10)5-7-12(15)16/h4-8H,1-3H3,(H,15,16). The molecule has 1 aromatic rings. The Morgan fingerprint density at radius 3 is 2.50 bits per heavy atom. The van der Waals surface area contributed by atoms with E-state index in [9.17, 15) is 9.59 Å². The van der Waals surface area contributed by atoms with Crippen LogP contribution in [0.3, 0.4) is 0 Å². The lowest BCUT2D eigenvalue weighted by molar-refractivity contribution is -0.131. The normalized spacial score (nSPS) is 10.4. The first-order valence-electron chi connectivity index (χ1n) is 5.26. The Bertz CT molecular complexity index is 492. The molecule has 0 saturated heterocycles. The molecule has 0 saturated carbocycles. The lowest BCUT2D eigenvalue weighted by Gasteiger charge is -2.12. The quantitative estimate of drug-likeness (QED) is 0.821. The van der Waals surface area contributed by atoms with E-state index in [0.29, 0.717) is 16.9 Å². The number of carboxylic acids is 1. The van der Waals surface area contributed by atoms with Crippen molar-refractivity contribution in [3.8, 4) is 5.75 Å². The summed E-state index contributed by atoms with van der Waals surface area (Å²) in [6, 6.07) is 4.87.